The highest BCUT2D eigenvalue weighted by Crippen LogP contribution is 2.41. The number of benzene rings is 1. The predicted molar refractivity (Wildman–Crippen MR) is 81.9 cm³/mol. The fourth-order valence-electron chi connectivity index (χ4n) is 2.98. The Morgan fingerprint density at radius 1 is 1.17 bits per heavy atom. The van der Waals surface area contributed by atoms with E-state index in [9.17, 15) is 19.5 Å². The van der Waals surface area contributed by atoms with E-state index in [-0.39, 0.29) is 23.4 Å². The molecule has 1 heterocycles. The van der Waals surface area contributed by atoms with Gasteiger partial charge in [0, 0.05) is 19.4 Å². The zero-order valence-electron chi connectivity index (χ0n) is 13.2. The molecule has 1 aliphatic heterocycles. The first kappa shape index (κ1) is 16.6. The maximum absolute atomic E-state index is 12.1. The molecule has 1 unspecified atom stereocenters. The van der Waals surface area contributed by atoms with Crippen molar-refractivity contribution in [1.82, 2.24) is 0 Å². The Balaban J connectivity index is 2.69. The summed E-state index contributed by atoms with van der Waals surface area (Å²) >= 11 is 0. The average Bonchev–Trinajstić information content (AvgIpc) is 2.76. The van der Waals surface area contributed by atoms with Crippen molar-refractivity contribution < 1.29 is 28.7 Å². The van der Waals surface area contributed by atoms with Gasteiger partial charge in [0.25, 0.3) is 0 Å². The van der Waals surface area contributed by atoms with Gasteiger partial charge in [0.15, 0.2) is 6.29 Å². The normalized spacial score (nSPS) is 20.7. The Kier molecular flexibility index (Phi) is 4.47. The predicted octanol–water partition coefficient (Wildman–Crippen LogP) is 2.61. The van der Waals surface area contributed by atoms with Crippen LogP contribution in [0.5, 0.6) is 0 Å². The fraction of sp³-hybridized carbons (Fsp3) is 0.235. The summed E-state index contributed by atoms with van der Waals surface area (Å²) in [4.78, 5) is 35.6. The molecule has 0 aliphatic carbocycles. The molecule has 0 spiro atoms. The molecule has 6 nitrogen and oxygen atoms in total. The number of ether oxygens (including phenoxy) is 1. The lowest BCUT2D eigenvalue weighted by Crippen LogP contribution is -2.47. The Hall–Kier alpha value is -2.73. The number of hydrogen-bond acceptors (Lipinski definition) is 4. The molecule has 6 heteroatoms. The van der Waals surface area contributed by atoms with E-state index < -0.39 is 16.5 Å². The summed E-state index contributed by atoms with van der Waals surface area (Å²) in [5.74, 6) is -0.710. The number of esters is 1. The van der Waals surface area contributed by atoms with Crippen molar-refractivity contribution in [3.05, 3.63) is 58.4 Å². The topological polar surface area (TPSA) is 80.7 Å². The van der Waals surface area contributed by atoms with E-state index in [0.717, 1.165) is 5.56 Å². The van der Waals surface area contributed by atoms with Crippen LogP contribution in [0.3, 0.4) is 0 Å². The minimum atomic E-state index is -1.15. The van der Waals surface area contributed by atoms with Crippen molar-refractivity contribution in [2.75, 3.05) is 7.11 Å². The van der Waals surface area contributed by atoms with Gasteiger partial charge in [-0.15, -0.1) is 0 Å². The summed E-state index contributed by atoms with van der Waals surface area (Å²) in [5.41, 5.74) is 1.46. The molecule has 0 saturated carbocycles. The van der Waals surface area contributed by atoms with Gasteiger partial charge in [-0.25, -0.2) is 4.79 Å². The zero-order chi connectivity index (χ0) is 17.2. The molecular weight excluding hydrogens is 298 g/mol. The van der Waals surface area contributed by atoms with Crippen molar-refractivity contribution in [1.29, 1.82) is 0 Å². The summed E-state index contributed by atoms with van der Waals surface area (Å²) in [6, 6.07) is 9.06. The monoisotopic (exact) mass is 316 g/mol. The third-order valence-corrected chi connectivity index (χ3v) is 4.26. The molecule has 1 aromatic rings. The van der Waals surface area contributed by atoms with Crippen LogP contribution in [0.2, 0.25) is 0 Å². The first-order chi connectivity index (χ1) is 10.9. The lowest BCUT2D eigenvalue weighted by molar-refractivity contribution is -0.791. The van der Waals surface area contributed by atoms with Gasteiger partial charge in [-0.2, -0.15) is 9.28 Å². The van der Waals surface area contributed by atoms with Crippen molar-refractivity contribution in [3.8, 4) is 0 Å². The van der Waals surface area contributed by atoms with Crippen LogP contribution < -0.4 is 0 Å². The van der Waals surface area contributed by atoms with Gasteiger partial charge >= 0.3 is 12.1 Å². The second-order valence-corrected chi connectivity index (χ2v) is 5.30. The van der Waals surface area contributed by atoms with Gasteiger partial charge in [-0.05, 0) is 0 Å². The zero-order valence-corrected chi connectivity index (χ0v) is 13.2. The molecule has 0 aromatic heterocycles. The van der Waals surface area contributed by atoms with E-state index in [2.05, 4.69) is 0 Å². The van der Waals surface area contributed by atoms with E-state index in [1.54, 1.807) is 26.0 Å². The van der Waals surface area contributed by atoms with Crippen LogP contribution in [0.4, 0.5) is 4.79 Å². The third kappa shape index (κ3) is 2.47. The third-order valence-electron chi connectivity index (χ3n) is 4.26. The first-order valence-electron chi connectivity index (χ1n) is 7.02. The van der Waals surface area contributed by atoms with Gasteiger partial charge in [0.05, 0.1) is 12.7 Å². The number of carbonyl (C=O) groups is 3. The Morgan fingerprint density at radius 2 is 1.78 bits per heavy atom. The quantitative estimate of drug-likeness (QED) is 0.524. The number of amides is 1. The van der Waals surface area contributed by atoms with Gasteiger partial charge in [0.2, 0.25) is 0 Å². The Labute approximate surface area is 133 Å². The second kappa shape index (κ2) is 6.18. The van der Waals surface area contributed by atoms with Crippen LogP contribution in [-0.4, -0.2) is 35.0 Å². The van der Waals surface area contributed by atoms with Crippen LogP contribution >= 0.6 is 0 Å². The highest BCUT2D eigenvalue weighted by atomic mass is 16.5. The van der Waals surface area contributed by atoms with Gasteiger partial charge in [-0.1, -0.05) is 30.3 Å². The molecule has 0 fully saturated rings. The van der Waals surface area contributed by atoms with Crippen molar-refractivity contribution in [3.63, 3.8) is 0 Å². The lowest BCUT2D eigenvalue weighted by Gasteiger charge is -2.30. The highest BCUT2D eigenvalue weighted by molar-refractivity contribution is 6.04. The number of rotatable bonds is 4. The van der Waals surface area contributed by atoms with Crippen molar-refractivity contribution in [2.45, 2.75) is 20.4 Å². The first-order valence-corrected chi connectivity index (χ1v) is 7.02. The van der Waals surface area contributed by atoms with E-state index in [0.29, 0.717) is 12.0 Å². The Bertz CT molecular complexity index is 733. The molecule has 1 amide bonds. The molecule has 0 bridgehead atoms. The summed E-state index contributed by atoms with van der Waals surface area (Å²) in [5, 5.41) is 9.89. The average molecular weight is 316 g/mol. The van der Waals surface area contributed by atoms with Crippen LogP contribution in [-0.2, 0) is 20.9 Å². The molecule has 120 valence electrons. The largest absolute Gasteiger partial charge is 0.523 e. The molecule has 1 atom stereocenters. The molecule has 1 N–H and O–H groups in total. The van der Waals surface area contributed by atoms with E-state index in [1.165, 1.54) is 7.11 Å². The number of carbonyl (C=O) groups excluding carboxylic acids is 2. The highest BCUT2D eigenvalue weighted by Gasteiger charge is 2.52. The van der Waals surface area contributed by atoms with Crippen molar-refractivity contribution in [2.24, 2.45) is 0 Å². The smallest absolute Gasteiger partial charge is 0.465 e. The van der Waals surface area contributed by atoms with Gasteiger partial charge in [-0.3, -0.25) is 4.79 Å². The Morgan fingerprint density at radius 3 is 2.26 bits per heavy atom. The number of carboxylic acid groups (broad SMARTS) is 1. The molecule has 0 radical (unpaired) electrons. The maximum Gasteiger partial charge on any atom is 0.523 e. The summed E-state index contributed by atoms with van der Waals surface area (Å²) in [6.45, 7) is 3.20. The summed E-state index contributed by atoms with van der Waals surface area (Å²) < 4.78 is 4.12. The van der Waals surface area contributed by atoms with Crippen LogP contribution in [0, 0.1) is 0 Å². The van der Waals surface area contributed by atoms with Crippen LogP contribution in [0.15, 0.2) is 52.9 Å². The molecule has 0 saturated heterocycles. The number of nitrogens with zero attached hydrogens (tertiary/aromatic N) is 1. The number of methoxy groups -OCH3 is 1. The maximum atomic E-state index is 12.1. The summed E-state index contributed by atoms with van der Waals surface area (Å²) in [7, 11) is 1.20. The molecule has 1 aliphatic rings. The summed E-state index contributed by atoms with van der Waals surface area (Å²) in [6.07, 6.45) is -0.638. The van der Waals surface area contributed by atoms with Crippen molar-refractivity contribution >= 4 is 18.3 Å². The standard InChI is InChI=1S/C17H17NO5/c1-11-14(10-19)15(16(20)23-3)12(2)18(11,17(21)22)9-13-7-5-4-6-8-13/h4-8,10H,9H2,1-3H3/p+1. The van der Waals surface area contributed by atoms with Crippen LogP contribution in [0.1, 0.15) is 19.4 Å². The number of quaternary nitrogens is 1. The SMILES string of the molecule is COC(=O)C1=C(C)[N+](Cc2ccccc2)(C(=O)O)C(C)=C1C=O. The van der Waals surface area contributed by atoms with Gasteiger partial charge in [0.1, 0.15) is 23.5 Å². The van der Waals surface area contributed by atoms with Crippen LogP contribution in [0.25, 0.3) is 0 Å². The number of aldehydes is 1. The van der Waals surface area contributed by atoms with Gasteiger partial charge < -0.3 is 9.84 Å². The number of hydrogen-bond donors (Lipinski definition) is 1. The minimum Gasteiger partial charge on any atom is -0.465 e. The molecular formula is C17H18NO5+. The molecule has 1 aromatic carbocycles. The molecule has 2 rings (SSSR count). The minimum absolute atomic E-state index is 0.0262. The number of allylic oxidation sites excluding steroid dienone is 2. The fourth-order valence-corrected chi connectivity index (χ4v) is 2.98. The van der Waals surface area contributed by atoms with E-state index >= 15 is 0 Å². The second-order valence-electron chi connectivity index (χ2n) is 5.30. The van der Waals surface area contributed by atoms with E-state index in [4.69, 9.17) is 4.74 Å². The van der Waals surface area contributed by atoms with E-state index in [1.807, 2.05) is 18.2 Å². The lowest BCUT2D eigenvalue weighted by atomic mass is 10.1. The molecule has 23 heavy (non-hydrogen) atoms.